The van der Waals surface area contributed by atoms with Gasteiger partial charge in [0, 0.05) is 24.7 Å². The normalized spacial score (nSPS) is 18.0. The molecule has 6 heteroatoms. The molecular formula is C20H31N3O3. The van der Waals surface area contributed by atoms with E-state index in [1.165, 1.54) is 12.8 Å². The van der Waals surface area contributed by atoms with E-state index in [1.54, 1.807) is 24.1 Å². The average molecular weight is 361 g/mol. The van der Waals surface area contributed by atoms with Gasteiger partial charge in [-0.2, -0.15) is 0 Å². The van der Waals surface area contributed by atoms with E-state index in [2.05, 4.69) is 17.6 Å². The number of ether oxygens (including phenoxy) is 1. The highest BCUT2D eigenvalue weighted by molar-refractivity contribution is 5.94. The molecule has 2 rings (SSSR count). The summed E-state index contributed by atoms with van der Waals surface area (Å²) in [4.78, 5) is 26.6. The van der Waals surface area contributed by atoms with Crippen LogP contribution >= 0.6 is 0 Å². The number of nitrogens with one attached hydrogen (secondary N) is 2. The number of hydrogen-bond donors (Lipinski definition) is 2. The van der Waals surface area contributed by atoms with Gasteiger partial charge in [-0.15, -0.1) is 0 Å². The Labute approximate surface area is 156 Å². The van der Waals surface area contributed by atoms with Crippen molar-refractivity contribution >= 4 is 17.5 Å². The standard InChI is InChI=1S/C20H31N3O3/c1-4-23(20(25)11-15(2)16-7-6-10-21-13-16)14-19(24)22-17-8-5-9-18(12-17)26-3/h5,8-9,12,15-16,21H,4,6-7,10-11,13-14H2,1-3H3,(H,22,24). The Morgan fingerprint density at radius 1 is 1.42 bits per heavy atom. The molecule has 1 aliphatic rings. The van der Waals surface area contributed by atoms with Crippen molar-refractivity contribution in [1.82, 2.24) is 10.2 Å². The second-order valence-electron chi connectivity index (χ2n) is 6.98. The largest absolute Gasteiger partial charge is 0.497 e. The fourth-order valence-electron chi connectivity index (χ4n) is 3.39. The van der Waals surface area contributed by atoms with Gasteiger partial charge in [0.1, 0.15) is 5.75 Å². The van der Waals surface area contributed by atoms with E-state index in [9.17, 15) is 9.59 Å². The van der Waals surface area contributed by atoms with Crippen LogP contribution in [0.4, 0.5) is 5.69 Å². The Morgan fingerprint density at radius 3 is 2.88 bits per heavy atom. The van der Waals surface area contributed by atoms with Crippen LogP contribution in [0.5, 0.6) is 5.75 Å². The molecule has 0 radical (unpaired) electrons. The lowest BCUT2D eigenvalue weighted by atomic mass is 9.85. The molecule has 1 fully saturated rings. The number of hydrogen-bond acceptors (Lipinski definition) is 4. The maximum Gasteiger partial charge on any atom is 0.243 e. The van der Waals surface area contributed by atoms with Gasteiger partial charge >= 0.3 is 0 Å². The van der Waals surface area contributed by atoms with Crippen LogP contribution in [-0.2, 0) is 9.59 Å². The summed E-state index contributed by atoms with van der Waals surface area (Å²) < 4.78 is 5.16. The highest BCUT2D eigenvalue weighted by atomic mass is 16.5. The number of methoxy groups -OCH3 is 1. The van der Waals surface area contributed by atoms with Crippen molar-refractivity contribution in [1.29, 1.82) is 0 Å². The lowest BCUT2D eigenvalue weighted by Crippen LogP contribution is -2.40. The predicted molar refractivity (Wildman–Crippen MR) is 103 cm³/mol. The summed E-state index contributed by atoms with van der Waals surface area (Å²) in [5.41, 5.74) is 0.666. The third-order valence-corrected chi connectivity index (χ3v) is 5.06. The van der Waals surface area contributed by atoms with Crippen molar-refractivity contribution in [3.63, 3.8) is 0 Å². The summed E-state index contributed by atoms with van der Waals surface area (Å²) in [6.45, 7) is 6.70. The average Bonchev–Trinajstić information content (AvgIpc) is 2.66. The van der Waals surface area contributed by atoms with E-state index in [1.807, 2.05) is 19.1 Å². The van der Waals surface area contributed by atoms with Crippen molar-refractivity contribution in [2.75, 3.05) is 38.6 Å². The van der Waals surface area contributed by atoms with E-state index in [-0.39, 0.29) is 18.4 Å². The van der Waals surface area contributed by atoms with Gasteiger partial charge in [0.25, 0.3) is 0 Å². The first kappa shape index (κ1) is 20.2. The lowest BCUT2D eigenvalue weighted by Gasteiger charge is -2.29. The first-order valence-electron chi connectivity index (χ1n) is 9.45. The summed E-state index contributed by atoms with van der Waals surface area (Å²) in [6, 6.07) is 7.20. The zero-order chi connectivity index (χ0) is 18.9. The topological polar surface area (TPSA) is 70.7 Å². The Morgan fingerprint density at radius 2 is 2.23 bits per heavy atom. The zero-order valence-electron chi connectivity index (χ0n) is 16.1. The molecule has 1 aromatic carbocycles. The maximum absolute atomic E-state index is 12.6. The van der Waals surface area contributed by atoms with Crippen molar-refractivity contribution < 1.29 is 14.3 Å². The number of rotatable bonds is 8. The molecule has 1 aromatic rings. The van der Waals surface area contributed by atoms with Gasteiger partial charge in [0.15, 0.2) is 0 Å². The van der Waals surface area contributed by atoms with Crippen LogP contribution in [-0.4, -0.2) is 50.0 Å². The molecule has 144 valence electrons. The van der Waals surface area contributed by atoms with E-state index in [4.69, 9.17) is 4.74 Å². The number of nitrogens with zero attached hydrogens (tertiary/aromatic N) is 1. The van der Waals surface area contributed by atoms with Gasteiger partial charge in [0.2, 0.25) is 11.8 Å². The van der Waals surface area contributed by atoms with Gasteiger partial charge in [-0.1, -0.05) is 13.0 Å². The molecule has 1 heterocycles. The van der Waals surface area contributed by atoms with Gasteiger partial charge in [-0.25, -0.2) is 0 Å². The number of benzene rings is 1. The number of carbonyl (C=O) groups is 2. The SMILES string of the molecule is CCN(CC(=O)Nc1cccc(OC)c1)C(=O)CC(C)C1CCCNC1. The molecule has 0 saturated carbocycles. The van der Waals surface area contributed by atoms with E-state index in [0.29, 0.717) is 36.2 Å². The number of anilines is 1. The lowest BCUT2D eigenvalue weighted by molar-refractivity contribution is -0.135. The zero-order valence-corrected chi connectivity index (χ0v) is 16.1. The first-order chi connectivity index (χ1) is 12.5. The van der Waals surface area contributed by atoms with Gasteiger partial charge in [0.05, 0.1) is 13.7 Å². The van der Waals surface area contributed by atoms with Crippen molar-refractivity contribution in [3.8, 4) is 5.75 Å². The van der Waals surface area contributed by atoms with Gasteiger partial charge in [-0.05, 0) is 56.8 Å². The Balaban J connectivity index is 1.86. The van der Waals surface area contributed by atoms with Crippen LogP contribution in [0.15, 0.2) is 24.3 Å². The number of likely N-dealkylation sites (N-methyl/N-ethyl adjacent to an activating group) is 1. The third-order valence-electron chi connectivity index (χ3n) is 5.06. The smallest absolute Gasteiger partial charge is 0.243 e. The molecule has 0 aliphatic carbocycles. The fraction of sp³-hybridized carbons (Fsp3) is 0.600. The number of piperidine rings is 1. The van der Waals surface area contributed by atoms with E-state index in [0.717, 1.165) is 13.1 Å². The van der Waals surface area contributed by atoms with Crippen molar-refractivity contribution in [3.05, 3.63) is 24.3 Å². The maximum atomic E-state index is 12.6. The van der Waals surface area contributed by atoms with Gasteiger partial charge < -0.3 is 20.3 Å². The predicted octanol–water partition coefficient (Wildman–Crippen LogP) is 2.51. The van der Waals surface area contributed by atoms with Crippen LogP contribution in [0.2, 0.25) is 0 Å². The first-order valence-corrected chi connectivity index (χ1v) is 9.45. The molecular weight excluding hydrogens is 330 g/mol. The number of amides is 2. The van der Waals surface area contributed by atoms with Crippen LogP contribution in [0.1, 0.15) is 33.1 Å². The summed E-state index contributed by atoms with van der Waals surface area (Å²) in [5.74, 6) is 1.40. The Hall–Kier alpha value is -2.08. The highest BCUT2D eigenvalue weighted by Gasteiger charge is 2.24. The molecule has 1 aliphatic heterocycles. The molecule has 1 saturated heterocycles. The molecule has 0 aromatic heterocycles. The Bertz CT molecular complexity index is 600. The molecule has 26 heavy (non-hydrogen) atoms. The van der Waals surface area contributed by atoms with E-state index < -0.39 is 0 Å². The summed E-state index contributed by atoms with van der Waals surface area (Å²) >= 11 is 0. The summed E-state index contributed by atoms with van der Waals surface area (Å²) in [6.07, 6.45) is 2.83. The second kappa shape index (κ2) is 10.2. The molecule has 2 amide bonds. The van der Waals surface area contributed by atoms with E-state index >= 15 is 0 Å². The van der Waals surface area contributed by atoms with Crippen molar-refractivity contribution in [2.24, 2.45) is 11.8 Å². The monoisotopic (exact) mass is 361 g/mol. The van der Waals surface area contributed by atoms with Crippen LogP contribution in [0, 0.1) is 11.8 Å². The minimum Gasteiger partial charge on any atom is -0.497 e. The van der Waals surface area contributed by atoms with Crippen LogP contribution in [0.3, 0.4) is 0 Å². The minimum atomic E-state index is -0.194. The fourth-order valence-corrected chi connectivity index (χ4v) is 3.39. The summed E-state index contributed by atoms with van der Waals surface area (Å²) in [5, 5.41) is 6.23. The molecule has 2 atom stereocenters. The minimum absolute atomic E-state index is 0.0476. The molecule has 6 nitrogen and oxygen atoms in total. The molecule has 0 bridgehead atoms. The molecule has 2 N–H and O–H groups in total. The highest BCUT2D eigenvalue weighted by Crippen LogP contribution is 2.23. The second-order valence-corrected chi connectivity index (χ2v) is 6.98. The van der Waals surface area contributed by atoms with Gasteiger partial charge in [-0.3, -0.25) is 9.59 Å². The van der Waals surface area contributed by atoms with Crippen molar-refractivity contribution in [2.45, 2.75) is 33.1 Å². The third kappa shape index (κ3) is 6.02. The quantitative estimate of drug-likeness (QED) is 0.746. The van der Waals surface area contributed by atoms with Crippen LogP contribution in [0.25, 0.3) is 0 Å². The molecule has 0 spiro atoms. The Kier molecular flexibility index (Phi) is 7.91. The summed E-state index contributed by atoms with van der Waals surface area (Å²) in [7, 11) is 1.58. The number of carbonyl (C=O) groups excluding carboxylic acids is 2. The van der Waals surface area contributed by atoms with Crippen LogP contribution < -0.4 is 15.4 Å². The molecule has 2 unspecified atom stereocenters.